The molecular formula is C32H27FN4O6S2. The Morgan fingerprint density at radius 1 is 0.956 bits per heavy atom. The first-order chi connectivity index (χ1) is 21.3. The third-order valence-electron chi connectivity index (χ3n) is 7.93. The number of nitro benzene ring substituents is 1. The Hall–Kier alpha value is -4.62. The zero-order valence-electron chi connectivity index (χ0n) is 24.4. The van der Waals surface area contributed by atoms with Gasteiger partial charge in [-0.1, -0.05) is 68.1 Å². The summed E-state index contributed by atoms with van der Waals surface area (Å²) in [6.07, 6.45) is 0. The number of thioether (sulfide) groups is 1. The molecule has 3 atom stereocenters. The zero-order chi connectivity index (χ0) is 32.2. The van der Waals surface area contributed by atoms with Crippen molar-refractivity contribution in [3.8, 4) is 0 Å². The Morgan fingerprint density at radius 2 is 1.60 bits per heavy atom. The minimum absolute atomic E-state index is 0.132. The lowest BCUT2D eigenvalue weighted by Crippen LogP contribution is -2.33. The number of anilines is 2. The Morgan fingerprint density at radius 3 is 2.20 bits per heavy atom. The number of carbonyl (C=O) groups is 3. The van der Waals surface area contributed by atoms with Crippen LogP contribution in [-0.2, 0) is 26.3 Å². The molecule has 1 aromatic heterocycles. The third-order valence-corrected chi connectivity index (χ3v) is 10.5. The van der Waals surface area contributed by atoms with Crippen LogP contribution in [0.1, 0.15) is 42.7 Å². The van der Waals surface area contributed by atoms with Crippen molar-refractivity contribution in [2.45, 2.75) is 48.9 Å². The van der Waals surface area contributed by atoms with E-state index in [9.17, 15) is 33.7 Å². The average Bonchev–Trinajstić information content (AvgIpc) is 3.44. The zero-order valence-corrected chi connectivity index (χ0v) is 26.0. The topological polar surface area (TPSA) is 132 Å². The van der Waals surface area contributed by atoms with Gasteiger partial charge in [-0.15, -0.1) is 0 Å². The molecule has 10 nitrogen and oxygen atoms in total. The number of halogens is 1. The molecule has 0 radical (unpaired) electrons. The number of benzene rings is 3. The number of fused-ring (bicyclic) bond motifs is 2. The van der Waals surface area contributed by atoms with E-state index in [1.165, 1.54) is 53.1 Å². The Balaban J connectivity index is 1.41. The first-order valence-electron chi connectivity index (χ1n) is 14.0. The van der Waals surface area contributed by atoms with Crippen molar-refractivity contribution in [3.05, 3.63) is 114 Å². The number of hydrogen-bond donors (Lipinski definition) is 1. The van der Waals surface area contributed by atoms with E-state index in [0.717, 1.165) is 39.1 Å². The SMILES string of the molecule is CC(C)(C)c1ccc([C@@H]2c3sc(=O)n(CC(=O)Nc4ccc(F)cc4)c3S[C@H]3C(=O)N(c4ccc([N+](=O)[O-])cc4)C(=O)[C@@H]23)cc1. The largest absolute Gasteiger partial charge is 0.325 e. The summed E-state index contributed by atoms with van der Waals surface area (Å²) in [7, 11) is 0. The highest BCUT2D eigenvalue weighted by atomic mass is 32.2. The van der Waals surface area contributed by atoms with E-state index < -0.39 is 50.4 Å². The van der Waals surface area contributed by atoms with Gasteiger partial charge in [-0.25, -0.2) is 9.29 Å². The highest BCUT2D eigenvalue weighted by Gasteiger charge is 2.56. The molecule has 3 amide bonds. The van der Waals surface area contributed by atoms with Gasteiger partial charge in [0, 0.05) is 28.6 Å². The monoisotopic (exact) mass is 646 g/mol. The Bertz CT molecular complexity index is 1900. The molecule has 2 aliphatic heterocycles. The second-order valence-electron chi connectivity index (χ2n) is 11.9. The summed E-state index contributed by atoms with van der Waals surface area (Å²) < 4.78 is 14.6. The molecule has 1 saturated heterocycles. The van der Waals surface area contributed by atoms with Crippen molar-refractivity contribution in [1.29, 1.82) is 0 Å². The predicted molar refractivity (Wildman–Crippen MR) is 169 cm³/mol. The molecule has 2 aliphatic rings. The molecule has 1 fully saturated rings. The van der Waals surface area contributed by atoms with Gasteiger partial charge in [0.05, 0.1) is 21.6 Å². The number of imide groups is 1. The number of nitro groups is 1. The molecule has 3 aromatic carbocycles. The van der Waals surface area contributed by atoms with E-state index in [4.69, 9.17) is 0 Å². The number of amides is 3. The number of nitrogens with one attached hydrogen (secondary N) is 1. The van der Waals surface area contributed by atoms with Crippen molar-refractivity contribution < 1.29 is 23.7 Å². The molecule has 1 N–H and O–H groups in total. The van der Waals surface area contributed by atoms with Crippen LogP contribution in [0.5, 0.6) is 0 Å². The van der Waals surface area contributed by atoms with Crippen LogP contribution >= 0.6 is 23.1 Å². The summed E-state index contributed by atoms with van der Waals surface area (Å²) in [5.41, 5.74) is 2.08. The summed E-state index contributed by atoms with van der Waals surface area (Å²) in [5.74, 6) is -3.46. The fraction of sp³-hybridized carbons (Fsp3) is 0.250. The van der Waals surface area contributed by atoms with Crippen LogP contribution in [-0.4, -0.2) is 32.5 Å². The van der Waals surface area contributed by atoms with Crippen LogP contribution in [0, 0.1) is 21.8 Å². The number of carbonyl (C=O) groups excluding carboxylic acids is 3. The van der Waals surface area contributed by atoms with Crippen molar-refractivity contribution >= 4 is 57.9 Å². The maximum atomic E-state index is 14.1. The average molecular weight is 647 g/mol. The van der Waals surface area contributed by atoms with E-state index in [2.05, 4.69) is 26.1 Å². The summed E-state index contributed by atoms with van der Waals surface area (Å²) in [5, 5.41) is 13.4. The van der Waals surface area contributed by atoms with Gasteiger partial charge in [0.2, 0.25) is 17.7 Å². The van der Waals surface area contributed by atoms with Crippen molar-refractivity contribution in [3.63, 3.8) is 0 Å². The second-order valence-corrected chi connectivity index (χ2v) is 14.0. The van der Waals surface area contributed by atoms with Gasteiger partial charge >= 0.3 is 4.87 Å². The van der Waals surface area contributed by atoms with Crippen molar-refractivity contribution in [2.24, 2.45) is 5.92 Å². The van der Waals surface area contributed by atoms with E-state index in [1.54, 1.807) is 0 Å². The van der Waals surface area contributed by atoms with Crippen LogP contribution in [0.4, 0.5) is 21.5 Å². The van der Waals surface area contributed by atoms with E-state index in [-0.39, 0.29) is 23.3 Å². The lowest BCUT2D eigenvalue weighted by molar-refractivity contribution is -0.384. The molecule has 0 bridgehead atoms. The molecule has 0 spiro atoms. The highest BCUT2D eigenvalue weighted by Crippen LogP contribution is 2.54. The molecular weight excluding hydrogens is 620 g/mol. The maximum Gasteiger partial charge on any atom is 0.308 e. The summed E-state index contributed by atoms with van der Waals surface area (Å²) >= 11 is 2.01. The number of aromatic nitrogens is 1. The first-order valence-corrected chi connectivity index (χ1v) is 15.7. The lowest BCUT2D eigenvalue weighted by atomic mass is 9.81. The predicted octanol–water partition coefficient (Wildman–Crippen LogP) is 5.69. The van der Waals surface area contributed by atoms with Gasteiger partial charge in [-0.3, -0.25) is 33.9 Å². The molecule has 4 aromatic rings. The van der Waals surface area contributed by atoms with Crippen molar-refractivity contribution in [2.75, 3.05) is 10.2 Å². The third kappa shape index (κ3) is 5.57. The van der Waals surface area contributed by atoms with Gasteiger partial charge in [0.15, 0.2) is 0 Å². The summed E-state index contributed by atoms with van der Waals surface area (Å²) in [6, 6.07) is 18.2. The number of non-ortho nitro benzene ring substituents is 1. The van der Waals surface area contributed by atoms with Crippen LogP contribution < -0.4 is 15.1 Å². The van der Waals surface area contributed by atoms with Gasteiger partial charge in [-0.05, 0) is 52.9 Å². The molecule has 6 rings (SSSR count). The molecule has 3 heterocycles. The van der Waals surface area contributed by atoms with Crippen LogP contribution in [0.3, 0.4) is 0 Å². The minimum atomic E-state index is -0.909. The summed E-state index contributed by atoms with van der Waals surface area (Å²) in [6.45, 7) is 5.89. The molecule has 0 unspecified atom stereocenters. The van der Waals surface area contributed by atoms with Gasteiger partial charge in [-0.2, -0.15) is 0 Å². The highest BCUT2D eigenvalue weighted by molar-refractivity contribution is 8.00. The van der Waals surface area contributed by atoms with Gasteiger partial charge in [0.25, 0.3) is 5.69 Å². The van der Waals surface area contributed by atoms with Gasteiger partial charge < -0.3 is 5.32 Å². The molecule has 45 heavy (non-hydrogen) atoms. The Labute approximate surface area is 265 Å². The molecule has 0 aliphatic carbocycles. The first kappa shape index (κ1) is 30.4. The second kappa shape index (κ2) is 11.4. The number of nitrogens with zero attached hydrogens (tertiary/aromatic N) is 3. The number of thiazole rings is 1. The molecule has 0 saturated carbocycles. The standard InChI is InChI=1S/C32H27FN4O6S2/c1-32(2,3)18-6-4-17(5-7-18)24-25-26(29(40)36(28(25)39)21-12-14-22(15-13-21)37(42)43)44-30-27(24)45-31(41)35(30)16-23(38)34-20-10-8-19(33)9-11-20/h4-15,24-26H,16H2,1-3H3,(H,34,38)/t24-,25-,26+/m0/s1. The number of hydrogen-bond acceptors (Lipinski definition) is 8. The fourth-order valence-corrected chi connectivity index (χ4v) is 8.43. The van der Waals surface area contributed by atoms with E-state index >= 15 is 0 Å². The van der Waals surface area contributed by atoms with E-state index in [1.807, 2.05) is 24.3 Å². The Kier molecular flexibility index (Phi) is 7.69. The van der Waals surface area contributed by atoms with Crippen LogP contribution in [0.25, 0.3) is 0 Å². The minimum Gasteiger partial charge on any atom is -0.325 e. The van der Waals surface area contributed by atoms with E-state index in [0.29, 0.717) is 15.6 Å². The molecule has 230 valence electrons. The van der Waals surface area contributed by atoms with Gasteiger partial charge in [0.1, 0.15) is 17.6 Å². The fourth-order valence-electron chi connectivity index (χ4n) is 5.66. The van der Waals surface area contributed by atoms with Crippen LogP contribution in [0.15, 0.2) is 82.6 Å². The lowest BCUT2D eigenvalue weighted by Gasteiger charge is -2.31. The quantitative estimate of drug-likeness (QED) is 0.162. The normalized spacial score (nSPS) is 19.3. The number of rotatable bonds is 6. The smallest absolute Gasteiger partial charge is 0.308 e. The molecule has 13 heteroatoms. The van der Waals surface area contributed by atoms with Crippen molar-refractivity contribution in [1.82, 2.24) is 4.57 Å². The van der Waals surface area contributed by atoms with Crippen LogP contribution in [0.2, 0.25) is 0 Å². The summed E-state index contributed by atoms with van der Waals surface area (Å²) in [4.78, 5) is 66.2. The maximum absolute atomic E-state index is 14.1.